The second-order valence-corrected chi connectivity index (χ2v) is 3.93. The molecule has 1 aromatic carbocycles. The minimum Gasteiger partial charge on any atom is -0.521 e. The Morgan fingerprint density at radius 3 is 2.88 bits per heavy atom. The number of carbonyl (C=O) groups is 1. The van der Waals surface area contributed by atoms with Gasteiger partial charge in [0.15, 0.2) is 0 Å². The van der Waals surface area contributed by atoms with Crippen LogP contribution < -0.4 is 10.2 Å². The van der Waals surface area contributed by atoms with Gasteiger partial charge in [-0.15, -0.1) is 0 Å². The summed E-state index contributed by atoms with van der Waals surface area (Å²) >= 11 is 0. The predicted octanol–water partition coefficient (Wildman–Crippen LogP) is 2.06. The number of nitrogens with one attached hydrogen (secondary N) is 1. The standard InChI is InChI=1S/C12H15N2O.Y/c1-9(15)7-10-8-14(2)12-6-4-3-5-11(12)13-10;/h3-6,8,10,13H,7H2,1-2H3;/q-1;. The number of hydrogen-bond acceptors (Lipinski definition) is 3. The summed E-state index contributed by atoms with van der Waals surface area (Å²) in [4.78, 5) is 13.1. The monoisotopic (exact) mass is 292 g/mol. The van der Waals surface area contributed by atoms with Gasteiger partial charge >= 0.3 is 0 Å². The predicted molar refractivity (Wildman–Crippen MR) is 61.9 cm³/mol. The van der Waals surface area contributed by atoms with E-state index >= 15 is 0 Å². The first kappa shape index (κ1) is 13.7. The van der Waals surface area contributed by atoms with Gasteiger partial charge in [0.05, 0.1) is 5.69 Å². The number of anilines is 2. The molecule has 0 bridgehead atoms. The van der Waals surface area contributed by atoms with Crippen molar-refractivity contribution in [2.24, 2.45) is 0 Å². The van der Waals surface area contributed by atoms with Gasteiger partial charge in [0.2, 0.25) is 0 Å². The van der Waals surface area contributed by atoms with Crippen LogP contribution in [0.5, 0.6) is 0 Å². The number of nitrogens with zero attached hydrogens (tertiary/aromatic N) is 1. The van der Waals surface area contributed by atoms with E-state index in [0.29, 0.717) is 6.42 Å². The number of para-hydroxylation sites is 2. The molecule has 16 heavy (non-hydrogen) atoms. The Morgan fingerprint density at radius 1 is 1.50 bits per heavy atom. The molecule has 1 aliphatic rings. The Morgan fingerprint density at radius 2 is 2.19 bits per heavy atom. The number of fused-ring (bicyclic) bond motifs is 1. The van der Waals surface area contributed by atoms with Crippen molar-refractivity contribution < 1.29 is 37.5 Å². The molecule has 1 heterocycles. The molecule has 1 unspecified atom stereocenters. The molecule has 2 rings (SSSR count). The van der Waals surface area contributed by atoms with E-state index in [1.54, 1.807) is 6.92 Å². The van der Waals surface area contributed by atoms with Crippen LogP contribution in [0.3, 0.4) is 0 Å². The second-order valence-electron chi connectivity index (χ2n) is 3.93. The van der Waals surface area contributed by atoms with Gasteiger partial charge in [0.25, 0.3) is 0 Å². The van der Waals surface area contributed by atoms with Crippen LogP contribution in [0, 0.1) is 6.54 Å². The minimum absolute atomic E-state index is 0. The van der Waals surface area contributed by atoms with Gasteiger partial charge in [-0.05, 0) is 32.5 Å². The van der Waals surface area contributed by atoms with E-state index in [9.17, 15) is 4.79 Å². The SMILES string of the molecule is CC(=O)CC1[CH-]N(C)c2ccccc2N1.[Y]. The maximum absolute atomic E-state index is 11.1. The molecule has 1 atom stereocenters. The largest absolute Gasteiger partial charge is 0.521 e. The van der Waals surface area contributed by atoms with E-state index in [1.807, 2.05) is 31.8 Å². The molecule has 0 aromatic heterocycles. The van der Waals surface area contributed by atoms with Crippen molar-refractivity contribution in [2.45, 2.75) is 19.4 Å². The number of Topliss-reactive ketones (excluding diaryl/α,β-unsaturated/α-hetero) is 1. The van der Waals surface area contributed by atoms with Crippen LogP contribution in [-0.2, 0) is 37.5 Å². The van der Waals surface area contributed by atoms with Crippen molar-refractivity contribution in [2.75, 3.05) is 17.3 Å². The van der Waals surface area contributed by atoms with Gasteiger partial charge in [-0.2, -0.15) is 0 Å². The molecule has 83 valence electrons. The number of ketones is 1. The number of hydrogen-bond donors (Lipinski definition) is 1. The molecule has 0 aliphatic carbocycles. The van der Waals surface area contributed by atoms with E-state index in [2.05, 4.69) is 16.3 Å². The number of benzene rings is 1. The van der Waals surface area contributed by atoms with Crippen LogP contribution in [0.2, 0.25) is 0 Å². The van der Waals surface area contributed by atoms with E-state index in [1.165, 1.54) is 0 Å². The zero-order valence-corrected chi connectivity index (χ0v) is 12.4. The van der Waals surface area contributed by atoms with Crippen LogP contribution >= 0.6 is 0 Å². The molecule has 0 spiro atoms. The Hall–Kier alpha value is -0.406. The zero-order valence-electron chi connectivity index (χ0n) is 9.60. The third-order valence-electron chi connectivity index (χ3n) is 2.54. The fraction of sp³-hybridized carbons (Fsp3) is 0.333. The maximum Gasteiger partial charge on any atom is 0.129 e. The smallest absolute Gasteiger partial charge is 0.129 e. The summed E-state index contributed by atoms with van der Waals surface area (Å²) in [5.41, 5.74) is 2.24. The number of likely N-dealkylation sites (N-methyl/N-ethyl adjacent to an activating group) is 1. The van der Waals surface area contributed by atoms with E-state index in [4.69, 9.17) is 0 Å². The molecule has 0 saturated carbocycles. The Kier molecular flexibility index (Phi) is 4.94. The third kappa shape index (κ3) is 3.05. The van der Waals surface area contributed by atoms with Crippen molar-refractivity contribution in [3.8, 4) is 0 Å². The van der Waals surface area contributed by atoms with Gasteiger partial charge in [-0.25, -0.2) is 6.54 Å². The molecule has 3 nitrogen and oxygen atoms in total. The first-order chi connectivity index (χ1) is 7.16. The van der Waals surface area contributed by atoms with Crippen molar-refractivity contribution in [3.63, 3.8) is 0 Å². The van der Waals surface area contributed by atoms with Crippen molar-refractivity contribution in [1.29, 1.82) is 0 Å². The Bertz CT molecular complexity index is 381. The van der Waals surface area contributed by atoms with Crippen LogP contribution in [0.1, 0.15) is 13.3 Å². The van der Waals surface area contributed by atoms with Gasteiger partial charge in [-0.1, -0.05) is 18.2 Å². The Balaban J connectivity index is 0.00000128. The number of carbonyl (C=O) groups excluding carboxylic acids is 1. The van der Waals surface area contributed by atoms with Gasteiger partial charge in [-0.3, -0.25) is 0 Å². The summed E-state index contributed by atoms with van der Waals surface area (Å²) in [7, 11) is 2.01. The minimum atomic E-state index is 0. The summed E-state index contributed by atoms with van der Waals surface area (Å²) in [5, 5.41) is 3.34. The quantitative estimate of drug-likeness (QED) is 0.847. The van der Waals surface area contributed by atoms with Crippen LogP contribution in [0.15, 0.2) is 24.3 Å². The maximum atomic E-state index is 11.1. The molecule has 0 fully saturated rings. The molecule has 1 aliphatic heterocycles. The van der Waals surface area contributed by atoms with Crippen LogP contribution in [-0.4, -0.2) is 18.9 Å². The summed E-state index contributed by atoms with van der Waals surface area (Å²) in [6.07, 6.45) is 0.540. The fourth-order valence-electron chi connectivity index (χ4n) is 1.90. The second kappa shape index (κ2) is 5.78. The average molecular weight is 292 g/mol. The average Bonchev–Trinajstić information content (AvgIpc) is 2.16. The summed E-state index contributed by atoms with van der Waals surface area (Å²) in [6.45, 7) is 3.67. The number of rotatable bonds is 2. The van der Waals surface area contributed by atoms with E-state index in [-0.39, 0.29) is 44.5 Å². The van der Waals surface area contributed by atoms with Crippen molar-refractivity contribution in [3.05, 3.63) is 30.8 Å². The first-order valence-electron chi connectivity index (χ1n) is 5.09. The van der Waals surface area contributed by atoms with Gasteiger partial charge in [0, 0.05) is 38.4 Å². The molecule has 1 radical (unpaired) electrons. The van der Waals surface area contributed by atoms with Crippen LogP contribution in [0.25, 0.3) is 0 Å². The van der Waals surface area contributed by atoms with Gasteiger partial charge in [0.1, 0.15) is 5.78 Å². The van der Waals surface area contributed by atoms with Crippen LogP contribution in [0.4, 0.5) is 11.4 Å². The molecule has 0 amide bonds. The molecule has 4 heteroatoms. The van der Waals surface area contributed by atoms with E-state index in [0.717, 1.165) is 11.4 Å². The molecule has 1 aromatic rings. The zero-order chi connectivity index (χ0) is 10.8. The first-order valence-corrected chi connectivity index (χ1v) is 5.09. The fourth-order valence-corrected chi connectivity index (χ4v) is 1.90. The topological polar surface area (TPSA) is 32.3 Å². The van der Waals surface area contributed by atoms with Crippen molar-refractivity contribution in [1.82, 2.24) is 0 Å². The molecule has 0 saturated heterocycles. The molecular weight excluding hydrogens is 277 g/mol. The normalized spacial score (nSPS) is 18.1. The summed E-state index contributed by atoms with van der Waals surface area (Å²) in [5.74, 6) is 0.205. The summed E-state index contributed by atoms with van der Waals surface area (Å²) < 4.78 is 0. The van der Waals surface area contributed by atoms with E-state index < -0.39 is 0 Å². The molecular formula is C12H15N2OY-. The Labute approximate surface area is 121 Å². The van der Waals surface area contributed by atoms with Crippen molar-refractivity contribution >= 4 is 17.2 Å². The summed E-state index contributed by atoms with van der Waals surface area (Å²) in [6, 6.07) is 8.21. The third-order valence-corrected chi connectivity index (χ3v) is 2.54. The molecule has 1 N–H and O–H groups in total. The van der Waals surface area contributed by atoms with Gasteiger partial charge < -0.3 is 15.0 Å².